The smallest absolute Gasteiger partial charge is 0.238 e. The lowest BCUT2D eigenvalue weighted by molar-refractivity contribution is 0.952. The topological polar surface area (TPSA) is 43.6 Å². The van der Waals surface area contributed by atoms with E-state index in [9.17, 15) is 0 Å². The zero-order valence-electron chi connectivity index (χ0n) is 18.3. The molecule has 0 bridgehead atoms. The van der Waals surface area contributed by atoms with Crippen molar-refractivity contribution in [2.45, 2.75) is 11.3 Å². The Kier molecular flexibility index (Phi) is 4.49. The molecule has 34 heavy (non-hydrogen) atoms. The van der Waals surface area contributed by atoms with Gasteiger partial charge in [0.15, 0.2) is 11.6 Å². The summed E-state index contributed by atoms with van der Waals surface area (Å²) >= 11 is 1.91. The summed E-state index contributed by atoms with van der Waals surface area (Å²) in [6.45, 7) is 0. The molecule has 4 aromatic carbocycles. The maximum Gasteiger partial charge on any atom is 0.238 e. The number of hydrogen-bond acceptors (Lipinski definition) is 4. The summed E-state index contributed by atoms with van der Waals surface area (Å²) < 4.78 is 2.16. The van der Waals surface area contributed by atoms with E-state index in [-0.39, 0.29) is 0 Å². The Labute approximate surface area is 201 Å². The lowest BCUT2D eigenvalue weighted by Crippen LogP contribution is -2.06. The first-order chi connectivity index (χ1) is 16.8. The molecule has 0 unspecified atom stereocenters. The van der Waals surface area contributed by atoms with Crippen molar-refractivity contribution >= 4 is 33.6 Å². The first kappa shape index (κ1) is 19.5. The van der Waals surface area contributed by atoms with E-state index in [4.69, 9.17) is 15.0 Å². The van der Waals surface area contributed by atoms with Crippen molar-refractivity contribution in [2.75, 3.05) is 5.75 Å². The molecule has 0 radical (unpaired) electrons. The van der Waals surface area contributed by atoms with Crippen molar-refractivity contribution in [2.24, 2.45) is 0 Å². The SMILES string of the molecule is c1ccc(-c2nc(-c3ccc4c(c3)SCC4)nc(-n3c4ccccc4c4ccccc43)n2)cc1. The Morgan fingerprint density at radius 2 is 1.26 bits per heavy atom. The van der Waals surface area contributed by atoms with E-state index >= 15 is 0 Å². The molecule has 4 nitrogen and oxygen atoms in total. The highest BCUT2D eigenvalue weighted by atomic mass is 32.2. The Morgan fingerprint density at radius 3 is 2.00 bits per heavy atom. The van der Waals surface area contributed by atoms with Gasteiger partial charge >= 0.3 is 0 Å². The fourth-order valence-corrected chi connectivity index (χ4v) is 5.86. The molecule has 0 N–H and O–H groups in total. The maximum atomic E-state index is 5.03. The number of para-hydroxylation sites is 2. The molecule has 1 aliphatic rings. The second kappa shape index (κ2) is 7.82. The first-order valence-corrected chi connectivity index (χ1v) is 12.4. The summed E-state index contributed by atoms with van der Waals surface area (Å²) in [5, 5.41) is 2.38. The van der Waals surface area contributed by atoms with Gasteiger partial charge in [-0.05, 0) is 30.2 Å². The van der Waals surface area contributed by atoms with Crippen molar-refractivity contribution < 1.29 is 0 Å². The Balaban J connectivity index is 1.52. The molecule has 7 rings (SSSR count). The van der Waals surface area contributed by atoms with Crippen LogP contribution in [0.25, 0.3) is 50.5 Å². The molecule has 5 heteroatoms. The number of rotatable bonds is 3. The highest BCUT2D eigenvalue weighted by Crippen LogP contribution is 2.35. The number of aryl methyl sites for hydroxylation is 1. The molecule has 0 spiro atoms. The summed E-state index contributed by atoms with van der Waals surface area (Å²) in [6, 6.07) is 33.6. The third-order valence-electron chi connectivity index (χ3n) is 6.39. The molecule has 0 saturated carbocycles. The van der Waals surface area contributed by atoms with Gasteiger partial charge in [-0.2, -0.15) is 9.97 Å². The first-order valence-electron chi connectivity index (χ1n) is 11.4. The van der Waals surface area contributed by atoms with Crippen molar-refractivity contribution in [3.8, 4) is 28.7 Å². The Hall–Kier alpha value is -3.96. The molecule has 0 atom stereocenters. The van der Waals surface area contributed by atoms with E-state index in [1.807, 2.05) is 42.1 Å². The van der Waals surface area contributed by atoms with Crippen LogP contribution in [0.3, 0.4) is 0 Å². The molecule has 162 valence electrons. The largest absolute Gasteiger partial charge is 0.278 e. The van der Waals surface area contributed by atoms with Crippen molar-refractivity contribution in [3.05, 3.63) is 103 Å². The standard InChI is InChI=1S/C29H20N4S/c1-2-8-20(9-3-1)27-30-28(21-15-14-19-16-17-34-26(19)18-21)32-29(31-27)33-24-12-6-4-10-22(24)23-11-5-7-13-25(23)33/h1-15,18H,16-17H2. The minimum atomic E-state index is 0.634. The fraction of sp³-hybridized carbons (Fsp3) is 0.0690. The van der Waals surface area contributed by atoms with E-state index < -0.39 is 0 Å². The summed E-state index contributed by atoms with van der Waals surface area (Å²) in [5.41, 5.74) is 5.58. The average molecular weight is 457 g/mol. The zero-order chi connectivity index (χ0) is 22.5. The molecule has 0 aliphatic carbocycles. The van der Waals surface area contributed by atoms with E-state index in [0.717, 1.165) is 34.3 Å². The zero-order valence-corrected chi connectivity index (χ0v) is 19.2. The van der Waals surface area contributed by atoms with Gasteiger partial charge in [0, 0.05) is 32.5 Å². The average Bonchev–Trinajstić information content (AvgIpc) is 3.51. The number of thioether (sulfide) groups is 1. The van der Waals surface area contributed by atoms with Gasteiger partial charge in [0.1, 0.15) is 0 Å². The molecule has 6 aromatic rings. The number of benzene rings is 4. The minimum absolute atomic E-state index is 0.634. The molecule has 2 aromatic heterocycles. The number of fused-ring (bicyclic) bond motifs is 4. The number of hydrogen-bond donors (Lipinski definition) is 0. The maximum absolute atomic E-state index is 5.03. The summed E-state index contributed by atoms with van der Waals surface area (Å²) in [4.78, 5) is 16.3. The second-order valence-corrected chi connectivity index (χ2v) is 9.58. The van der Waals surface area contributed by atoms with Gasteiger partial charge in [0.05, 0.1) is 11.0 Å². The van der Waals surface area contributed by atoms with Crippen LogP contribution in [0.4, 0.5) is 0 Å². The van der Waals surface area contributed by atoms with Crippen LogP contribution in [0.1, 0.15) is 5.56 Å². The summed E-state index contributed by atoms with van der Waals surface area (Å²) in [5.74, 6) is 3.14. The molecule has 0 amide bonds. The molecule has 0 fully saturated rings. The lowest BCUT2D eigenvalue weighted by Gasteiger charge is -2.11. The predicted octanol–water partition coefficient (Wildman–Crippen LogP) is 6.95. The van der Waals surface area contributed by atoms with Crippen LogP contribution in [-0.4, -0.2) is 25.3 Å². The van der Waals surface area contributed by atoms with E-state index in [1.165, 1.54) is 21.2 Å². The molecule has 3 heterocycles. The van der Waals surface area contributed by atoms with E-state index in [0.29, 0.717) is 17.6 Å². The third-order valence-corrected chi connectivity index (χ3v) is 7.49. The van der Waals surface area contributed by atoms with Crippen LogP contribution in [0, 0.1) is 0 Å². The molecular weight excluding hydrogens is 436 g/mol. The van der Waals surface area contributed by atoms with Gasteiger partial charge in [0.2, 0.25) is 5.95 Å². The predicted molar refractivity (Wildman–Crippen MR) is 139 cm³/mol. The van der Waals surface area contributed by atoms with Crippen LogP contribution in [0.5, 0.6) is 0 Å². The van der Waals surface area contributed by atoms with Crippen LogP contribution in [-0.2, 0) is 6.42 Å². The highest BCUT2D eigenvalue weighted by Gasteiger charge is 2.18. The van der Waals surface area contributed by atoms with Crippen LogP contribution >= 0.6 is 11.8 Å². The van der Waals surface area contributed by atoms with Crippen molar-refractivity contribution in [1.29, 1.82) is 0 Å². The molecular formula is C29H20N4S. The third kappa shape index (κ3) is 3.12. The number of nitrogens with zero attached hydrogens (tertiary/aromatic N) is 4. The monoisotopic (exact) mass is 456 g/mol. The van der Waals surface area contributed by atoms with Crippen LogP contribution < -0.4 is 0 Å². The summed E-state index contributed by atoms with van der Waals surface area (Å²) in [7, 11) is 0. The molecule has 1 aliphatic heterocycles. The van der Waals surface area contributed by atoms with Gasteiger partial charge in [-0.25, -0.2) is 4.98 Å². The van der Waals surface area contributed by atoms with Gasteiger partial charge in [-0.3, -0.25) is 4.57 Å². The minimum Gasteiger partial charge on any atom is -0.278 e. The van der Waals surface area contributed by atoms with Crippen LogP contribution in [0.2, 0.25) is 0 Å². The van der Waals surface area contributed by atoms with Crippen molar-refractivity contribution in [1.82, 2.24) is 19.5 Å². The normalized spacial score (nSPS) is 12.9. The van der Waals surface area contributed by atoms with Gasteiger partial charge in [-0.15, -0.1) is 11.8 Å². The fourth-order valence-electron chi connectivity index (χ4n) is 4.75. The number of aromatic nitrogens is 4. The molecule has 0 saturated heterocycles. The van der Waals surface area contributed by atoms with Gasteiger partial charge in [0.25, 0.3) is 0 Å². The van der Waals surface area contributed by atoms with E-state index in [2.05, 4.69) is 71.3 Å². The summed E-state index contributed by atoms with van der Waals surface area (Å²) in [6.07, 6.45) is 1.12. The Bertz CT molecular complexity index is 1630. The quantitative estimate of drug-likeness (QED) is 0.289. The van der Waals surface area contributed by atoms with E-state index in [1.54, 1.807) is 0 Å². The van der Waals surface area contributed by atoms with Crippen molar-refractivity contribution in [3.63, 3.8) is 0 Å². The van der Waals surface area contributed by atoms with Gasteiger partial charge in [-0.1, -0.05) is 78.9 Å². The van der Waals surface area contributed by atoms with Gasteiger partial charge < -0.3 is 0 Å². The lowest BCUT2D eigenvalue weighted by atomic mass is 10.1. The van der Waals surface area contributed by atoms with Crippen LogP contribution in [0.15, 0.2) is 102 Å². The highest BCUT2D eigenvalue weighted by molar-refractivity contribution is 7.99. The Morgan fingerprint density at radius 1 is 0.618 bits per heavy atom. The second-order valence-electron chi connectivity index (χ2n) is 8.44.